The molecule has 2 heterocycles. The SMILES string of the molecule is CC1(C)CC(=O)N([C@@H]2CC(C)(C)Oc3ccc(C(=O)N[C@@H]4c5ccccc5C[C@H]4O)cc32)C(=N)N1. The normalized spacial score (nSPS) is 26.3. The smallest absolute Gasteiger partial charge is 0.251 e. The number of aliphatic hydroxyl groups is 1. The molecule has 184 valence electrons. The molecule has 0 spiro atoms. The van der Waals surface area contributed by atoms with Gasteiger partial charge in [-0.15, -0.1) is 0 Å². The molecule has 2 aromatic carbocycles. The molecule has 8 heteroatoms. The maximum Gasteiger partial charge on any atom is 0.251 e. The van der Waals surface area contributed by atoms with Crippen LogP contribution in [0.25, 0.3) is 0 Å². The molecule has 0 unspecified atom stereocenters. The predicted octanol–water partition coefficient (Wildman–Crippen LogP) is 3.21. The number of carbonyl (C=O) groups is 2. The van der Waals surface area contributed by atoms with Gasteiger partial charge in [0.15, 0.2) is 5.96 Å². The molecule has 0 bridgehead atoms. The zero-order chi connectivity index (χ0) is 25.1. The van der Waals surface area contributed by atoms with Crippen LogP contribution in [0.2, 0.25) is 0 Å². The third kappa shape index (κ3) is 4.27. The van der Waals surface area contributed by atoms with Crippen LogP contribution in [0.1, 0.15) is 79.7 Å². The van der Waals surface area contributed by atoms with Gasteiger partial charge in [0.25, 0.3) is 5.91 Å². The number of carbonyl (C=O) groups excluding carboxylic acids is 2. The molecule has 4 N–H and O–H groups in total. The summed E-state index contributed by atoms with van der Waals surface area (Å²) in [6.45, 7) is 7.71. The molecule has 0 aromatic heterocycles. The van der Waals surface area contributed by atoms with E-state index >= 15 is 0 Å². The maximum absolute atomic E-state index is 13.3. The predicted molar refractivity (Wildman–Crippen MR) is 131 cm³/mol. The zero-order valence-corrected chi connectivity index (χ0v) is 20.5. The molecule has 0 saturated carbocycles. The van der Waals surface area contributed by atoms with Crippen LogP contribution in [0.15, 0.2) is 42.5 Å². The van der Waals surface area contributed by atoms with Crippen molar-refractivity contribution in [2.24, 2.45) is 0 Å². The van der Waals surface area contributed by atoms with Crippen molar-refractivity contribution in [2.75, 3.05) is 0 Å². The molecule has 8 nitrogen and oxygen atoms in total. The van der Waals surface area contributed by atoms with Crippen molar-refractivity contribution in [1.29, 1.82) is 5.41 Å². The highest BCUT2D eigenvalue weighted by Gasteiger charge is 2.44. The van der Waals surface area contributed by atoms with E-state index in [2.05, 4.69) is 10.6 Å². The Morgan fingerprint density at radius 1 is 1.17 bits per heavy atom. The van der Waals surface area contributed by atoms with Crippen LogP contribution in [-0.2, 0) is 11.2 Å². The van der Waals surface area contributed by atoms with Crippen molar-refractivity contribution in [3.8, 4) is 5.75 Å². The van der Waals surface area contributed by atoms with Gasteiger partial charge < -0.3 is 20.5 Å². The van der Waals surface area contributed by atoms with Crippen molar-refractivity contribution in [3.05, 3.63) is 64.7 Å². The Hall–Kier alpha value is -3.39. The lowest BCUT2D eigenvalue weighted by Crippen LogP contribution is -2.61. The molecule has 3 aliphatic rings. The van der Waals surface area contributed by atoms with Gasteiger partial charge in [-0.1, -0.05) is 24.3 Å². The second-order valence-electron chi connectivity index (χ2n) is 11.1. The van der Waals surface area contributed by atoms with E-state index < -0.39 is 29.3 Å². The Balaban J connectivity index is 1.46. The second-order valence-corrected chi connectivity index (χ2v) is 11.1. The molecule has 2 aliphatic heterocycles. The summed E-state index contributed by atoms with van der Waals surface area (Å²) in [6, 6.07) is 12.0. The Bertz CT molecular complexity index is 1200. The minimum Gasteiger partial charge on any atom is -0.487 e. The fourth-order valence-corrected chi connectivity index (χ4v) is 5.50. The maximum atomic E-state index is 13.3. The van der Waals surface area contributed by atoms with Crippen LogP contribution in [0.5, 0.6) is 5.75 Å². The van der Waals surface area contributed by atoms with Gasteiger partial charge in [0.05, 0.1) is 18.2 Å². The van der Waals surface area contributed by atoms with Crippen molar-refractivity contribution in [1.82, 2.24) is 15.5 Å². The first-order chi connectivity index (χ1) is 16.4. The number of nitrogens with zero attached hydrogens (tertiary/aromatic N) is 1. The van der Waals surface area contributed by atoms with Gasteiger partial charge in [0.1, 0.15) is 11.4 Å². The molecule has 35 heavy (non-hydrogen) atoms. The summed E-state index contributed by atoms with van der Waals surface area (Å²) in [6.07, 6.45) is 0.558. The fraction of sp³-hybridized carbons (Fsp3) is 0.444. The first-order valence-corrected chi connectivity index (χ1v) is 12.0. The summed E-state index contributed by atoms with van der Waals surface area (Å²) < 4.78 is 6.18. The minimum absolute atomic E-state index is 0.0560. The number of aliphatic hydroxyl groups excluding tert-OH is 1. The summed E-state index contributed by atoms with van der Waals surface area (Å²) in [5, 5.41) is 25.2. The van der Waals surface area contributed by atoms with Crippen LogP contribution >= 0.6 is 0 Å². The third-order valence-electron chi connectivity index (χ3n) is 7.06. The van der Waals surface area contributed by atoms with Crippen molar-refractivity contribution in [3.63, 3.8) is 0 Å². The van der Waals surface area contributed by atoms with Gasteiger partial charge in [0, 0.05) is 35.9 Å². The second kappa shape index (κ2) is 8.09. The van der Waals surface area contributed by atoms with Crippen molar-refractivity contribution >= 4 is 17.8 Å². The van der Waals surface area contributed by atoms with E-state index in [9.17, 15) is 14.7 Å². The van der Waals surface area contributed by atoms with Gasteiger partial charge in [-0.2, -0.15) is 0 Å². The van der Waals surface area contributed by atoms with E-state index in [1.807, 2.05) is 52.0 Å². The lowest BCUT2D eigenvalue weighted by molar-refractivity contribution is -0.133. The van der Waals surface area contributed by atoms with E-state index in [1.165, 1.54) is 4.90 Å². The number of ether oxygens (including phenoxy) is 1. The molecule has 1 aliphatic carbocycles. The number of hydrogen-bond acceptors (Lipinski definition) is 5. The summed E-state index contributed by atoms with van der Waals surface area (Å²) in [5.41, 5.74) is 2.03. The number of amides is 2. The standard InChI is InChI=1S/C27H32N4O4/c1-26(2)14-22(33)31(25(28)30-26)19-13-27(3,4)35-21-10-9-16(11-18(19)21)24(34)29-23-17-8-6-5-7-15(17)12-20(23)32/h5-11,19-20,23,32H,12-14H2,1-4H3,(H2,28,30)(H,29,34)/t19-,20-,23-/m1/s1. The largest absolute Gasteiger partial charge is 0.487 e. The van der Waals surface area contributed by atoms with Gasteiger partial charge in [-0.25, -0.2) is 0 Å². The summed E-state index contributed by atoms with van der Waals surface area (Å²) in [5.74, 6) is 0.212. The van der Waals surface area contributed by atoms with Crippen LogP contribution in [0.3, 0.4) is 0 Å². The average molecular weight is 477 g/mol. The number of hydrogen-bond donors (Lipinski definition) is 4. The Morgan fingerprint density at radius 3 is 2.66 bits per heavy atom. The van der Waals surface area contributed by atoms with E-state index in [-0.39, 0.29) is 24.2 Å². The van der Waals surface area contributed by atoms with E-state index in [0.29, 0.717) is 29.7 Å². The van der Waals surface area contributed by atoms with Gasteiger partial charge in [0.2, 0.25) is 5.91 Å². The topological polar surface area (TPSA) is 115 Å². The van der Waals surface area contributed by atoms with Gasteiger partial charge in [-0.05, 0) is 57.0 Å². The summed E-state index contributed by atoms with van der Waals surface area (Å²) in [4.78, 5) is 27.9. The minimum atomic E-state index is -0.688. The van der Waals surface area contributed by atoms with Gasteiger partial charge in [-0.3, -0.25) is 19.9 Å². The molecule has 1 saturated heterocycles. The Labute approximate surface area is 205 Å². The Kier molecular flexibility index (Phi) is 5.40. The molecule has 2 aromatic rings. The van der Waals surface area contributed by atoms with E-state index in [1.54, 1.807) is 18.2 Å². The van der Waals surface area contributed by atoms with Crippen LogP contribution in [0, 0.1) is 5.41 Å². The zero-order valence-electron chi connectivity index (χ0n) is 20.5. The van der Waals surface area contributed by atoms with Crippen LogP contribution in [-0.4, -0.2) is 45.0 Å². The highest BCUT2D eigenvalue weighted by molar-refractivity contribution is 6.00. The number of guanidine groups is 1. The molecule has 1 fully saturated rings. The quantitative estimate of drug-likeness (QED) is 0.543. The molecule has 3 atom stereocenters. The Morgan fingerprint density at radius 2 is 1.91 bits per heavy atom. The van der Waals surface area contributed by atoms with E-state index in [0.717, 1.165) is 11.1 Å². The number of nitrogens with one attached hydrogen (secondary N) is 3. The highest BCUT2D eigenvalue weighted by Crippen LogP contribution is 2.44. The van der Waals surface area contributed by atoms with Gasteiger partial charge >= 0.3 is 0 Å². The number of benzene rings is 2. The molecular formula is C27H32N4O4. The molecule has 2 amide bonds. The van der Waals surface area contributed by atoms with Crippen molar-refractivity contribution < 1.29 is 19.4 Å². The monoisotopic (exact) mass is 476 g/mol. The molecule has 0 radical (unpaired) electrons. The van der Waals surface area contributed by atoms with E-state index in [4.69, 9.17) is 10.1 Å². The first kappa shape index (κ1) is 23.4. The lowest BCUT2D eigenvalue weighted by atomic mass is 9.86. The summed E-state index contributed by atoms with van der Waals surface area (Å²) in [7, 11) is 0. The average Bonchev–Trinajstić information content (AvgIpc) is 3.06. The van der Waals surface area contributed by atoms with Crippen LogP contribution in [0.4, 0.5) is 0 Å². The highest BCUT2D eigenvalue weighted by atomic mass is 16.5. The summed E-state index contributed by atoms with van der Waals surface area (Å²) >= 11 is 0. The fourth-order valence-electron chi connectivity index (χ4n) is 5.50. The van der Waals surface area contributed by atoms with Crippen molar-refractivity contribution in [2.45, 2.75) is 76.3 Å². The third-order valence-corrected chi connectivity index (χ3v) is 7.06. The number of rotatable bonds is 3. The van der Waals surface area contributed by atoms with Crippen LogP contribution < -0.4 is 15.4 Å². The number of fused-ring (bicyclic) bond motifs is 2. The lowest BCUT2D eigenvalue weighted by Gasteiger charge is -2.46. The molecule has 5 rings (SSSR count). The first-order valence-electron chi connectivity index (χ1n) is 12.0. The molecular weight excluding hydrogens is 444 g/mol.